The van der Waals surface area contributed by atoms with Crippen LogP contribution in [-0.2, 0) is 0 Å². The molecule has 0 unspecified atom stereocenters. The van der Waals surface area contributed by atoms with E-state index in [9.17, 15) is 15.2 Å². The highest BCUT2D eigenvalue weighted by Crippen LogP contribution is 2.26. The van der Waals surface area contributed by atoms with Crippen LogP contribution in [0.5, 0.6) is 0 Å². The lowest BCUT2D eigenvalue weighted by Crippen LogP contribution is -2.20. The molecule has 5 nitrogen and oxygen atoms in total. The molecule has 0 radical (unpaired) electrons. The van der Waals surface area contributed by atoms with Gasteiger partial charge in [-0.3, -0.25) is 0 Å². The van der Waals surface area contributed by atoms with Crippen molar-refractivity contribution in [1.29, 1.82) is 0 Å². The molecule has 74 valence electrons. The highest BCUT2D eigenvalue weighted by atomic mass is 35.5. The molecule has 0 atom stereocenters. The SMILES string of the molecule is O=c1n(O)c2cc(Cl)c(Cl)cc2n1O. The first kappa shape index (κ1) is 9.23. The third-order valence-electron chi connectivity index (χ3n) is 1.84. The Hall–Kier alpha value is -1.33. The van der Waals surface area contributed by atoms with E-state index < -0.39 is 5.69 Å². The van der Waals surface area contributed by atoms with Crippen molar-refractivity contribution in [3.63, 3.8) is 0 Å². The van der Waals surface area contributed by atoms with Gasteiger partial charge in [-0.15, -0.1) is 9.46 Å². The van der Waals surface area contributed by atoms with E-state index in [1.165, 1.54) is 12.1 Å². The zero-order chi connectivity index (χ0) is 10.5. The van der Waals surface area contributed by atoms with Crippen molar-refractivity contribution < 1.29 is 10.4 Å². The van der Waals surface area contributed by atoms with Crippen LogP contribution in [0.4, 0.5) is 0 Å². The number of hydrogen-bond acceptors (Lipinski definition) is 3. The van der Waals surface area contributed by atoms with E-state index in [1.807, 2.05) is 0 Å². The molecule has 1 aromatic carbocycles. The summed E-state index contributed by atoms with van der Waals surface area (Å²) in [6, 6.07) is 2.57. The highest BCUT2D eigenvalue weighted by Gasteiger charge is 2.13. The van der Waals surface area contributed by atoms with Gasteiger partial charge >= 0.3 is 5.69 Å². The molecule has 0 saturated carbocycles. The Labute approximate surface area is 87.2 Å². The van der Waals surface area contributed by atoms with Crippen molar-refractivity contribution in [3.05, 3.63) is 32.7 Å². The van der Waals surface area contributed by atoms with Crippen LogP contribution in [0.3, 0.4) is 0 Å². The van der Waals surface area contributed by atoms with Crippen molar-refractivity contribution >= 4 is 34.2 Å². The van der Waals surface area contributed by atoms with E-state index in [1.54, 1.807) is 0 Å². The maximum Gasteiger partial charge on any atom is 0.394 e. The average Bonchev–Trinajstić information content (AvgIpc) is 2.34. The maximum atomic E-state index is 11.1. The van der Waals surface area contributed by atoms with Gasteiger partial charge in [-0.1, -0.05) is 23.2 Å². The van der Waals surface area contributed by atoms with Gasteiger partial charge in [0.05, 0.1) is 10.0 Å². The van der Waals surface area contributed by atoms with Crippen molar-refractivity contribution in [3.8, 4) is 0 Å². The van der Waals surface area contributed by atoms with Gasteiger partial charge in [0, 0.05) is 0 Å². The summed E-state index contributed by atoms with van der Waals surface area (Å²) >= 11 is 11.3. The summed E-state index contributed by atoms with van der Waals surface area (Å²) in [6.07, 6.45) is 0. The molecule has 0 spiro atoms. The number of nitrogens with zero attached hydrogens (tertiary/aromatic N) is 2. The summed E-state index contributed by atoms with van der Waals surface area (Å²) in [5, 5.41) is 18.8. The number of imidazole rings is 1. The minimum absolute atomic E-state index is 0.0897. The van der Waals surface area contributed by atoms with Crippen LogP contribution < -0.4 is 5.69 Å². The van der Waals surface area contributed by atoms with Gasteiger partial charge in [0.1, 0.15) is 11.0 Å². The molecule has 14 heavy (non-hydrogen) atoms. The zero-order valence-corrected chi connectivity index (χ0v) is 8.12. The smallest absolute Gasteiger partial charge is 0.394 e. The number of benzene rings is 1. The average molecular weight is 235 g/mol. The lowest BCUT2D eigenvalue weighted by molar-refractivity contribution is 0.138. The molecule has 0 aliphatic rings. The van der Waals surface area contributed by atoms with Crippen molar-refractivity contribution in [2.75, 3.05) is 0 Å². The predicted octanol–water partition coefficient (Wildman–Crippen LogP) is 1.58. The molecule has 7 heteroatoms. The minimum Gasteiger partial charge on any atom is -0.423 e. The van der Waals surface area contributed by atoms with Crippen LogP contribution in [0.1, 0.15) is 0 Å². The Bertz CT molecular complexity index is 524. The van der Waals surface area contributed by atoms with Crippen molar-refractivity contribution in [2.24, 2.45) is 0 Å². The minimum atomic E-state index is -0.974. The number of halogens is 2. The summed E-state index contributed by atoms with van der Waals surface area (Å²) in [7, 11) is 0. The lowest BCUT2D eigenvalue weighted by Gasteiger charge is -1.96. The monoisotopic (exact) mass is 234 g/mol. The van der Waals surface area contributed by atoms with Crippen LogP contribution in [0.15, 0.2) is 16.9 Å². The second kappa shape index (κ2) is 2.83. The van der Waals surface area contributed by atoms with Gasteiger partial charge in [-0.25, -0.2) is 4.79 Å². The summed E-state index contributed by atoms with van der Waals surface area (Å²) < 4.78 is 0.578. The van der Waals surface area contributed by atoms with Crippen LogP contribution in [0, 0.1) is 0 Å². The number of aromatic nitrogens is 2. The predicted molar refractivity (Wildman–Crippen MR) is 50.6 cm³/mol. The van der Waals surface area contributed by atoms with E-state index in [-0.39, 0.29) is 30.5 Å². The topological polar surface area (TPSA) is 67.4 Å². The Morgan fingerprint density at radius 1 is 1.00 bits per heavy atom. The molecule has 0 amide bonds. The molecule has 2 aromatic rings. The lowest BCUT2D eigenvalue weighted by atomic mass is 10.3. The molecular formula is C7H4Cl2N2O3. The third-order valence-corrected chi connectivity index (χ3v) is 2.56. The summed E-state index contributed by atoms with van der Waals surface area (Å²) in [5.74, 6) is 0. The molecule has 0 fully saturated rings. The van der Waals surface area contributed by atoms with E-state index >= 15 is 0 Å². The molecule has 2 rings (SSSR count). The van der Waals surface area contributed by atoms with Crippen LogP contribution in [0.25, 0.3) is 11.0 Å². The van der Waals surface area contributed by atoms with Gasteiger partial charge in [-0.2, -0.15) is 0 Å². The highest BCUT2D eigenvalue weighted by molar-refractivity contribution is 6.42. The first-order chi connectivity index (χ1) is 6.52. The molecule has 1 heterocycles. The van der Waals surface area contributed by atoms with E-state index in [2.05, 4.69) is 0 Å². The first-order valence-corrected chi connectivity index (χ1v) is 4.29. The standard InChI is InChI=1S/C7H4Cl2N2O3/c8-3-1-5-6(2-4(3)9)11(14)7(12)10(5)13/h1-2,13-14H. The summed E-state index contributed by atoms with van der Waals surface area (Å²) in [6.45, 7) is 0. The number of hydrogen-bond donors (Lipinski definition) is 2. The molecule has 0 bridgehead atoms. The third kappa shape index (κ3) is 1.06. The molecule has 0 aliphatic carbocycles. The quantitative estimate of drug-likeness (QED) is 0.681. The number of fused-ring (bicyclic) bond motifs is 1. The molecular weight excluding hydrogens is 231 g/mol. The second-order valence-electron chi connectivity index (χ2n) is 2.66. The van der Waals surface area contributed by atoms with Gasteiger partial charge in [0.25, 0.3) is 0 Å². The molecule has 0 aliphatic heterocycles. The Morgan fingerprint density at radius 3 is 1.71 bits per heavy atom. The summed E-state index contributed by atoms with van der Waals surface area (Å²) in [5.41, 5.74) is -0.794. The Balaban J connectivity index is 3.04. The zero-order valence-electron chi connectivity index (χ0n) is 6.61. The van der Waals surface area contributed by atoms with Crippen LogP contribution in [0.2, 0.25) is 10.0 Å². The van der Waals surface area contributed by atoms with Crippen LogP contribution in [-0.4, -0.2) is 19.9 Å². The van der Waals surface area contributed by atoms with Gasteiger partial charge in [0.2, 0.25) is 0 Å². The van der Waals surface area contributed by atoms with Crippen molar-refractivity contribution in [2.45, 2.75) is 0 Å². The fraction of sp³-hybridized carbons (Fsp3) is 0. The fourth-order valence-corrected chi connectivity index (χ4v) is 1.48. The largest absolute Gasteiger partial charge is 0.423 e. The van der Waals surface area contributed by atoms with E-state index in [0.29, 0.717) is 0 Å². The summed E-state index contributed by atoms with van der Waals surface area (Å²) in [4.78, 5) is 11.1. The Kier molecular flexibility index (Phi) is 1.87. The maximum absolute atomic E-state index is 11.1. The van der Waals surface area contributed by atoms with Gasteiger partial charge in [-0.05, 0) is 12.1 Å². The Morgan fingerprint density at radius 2 is 1.36 bits per heavy atom. The first-order valence-electron chi connectivity index (χ1n) is 3.53. The van der Waals surface area contributed by atoms with Crippen molar-refractivity contribution in [1.82, 2.24) is 9.46 Å². The fourth-order valence-electron chi connectivity index (χ4n) is 1.16. The van der Waals surface area contributed by atoms with E-state index in [4.69, 9.17) is 23.2 Å². The van der Waals surface area contributed by atoms with Gasteiger partial charge < -0.3 is 10.4 Å². The van der Waals surface area contributed by atoms with E-state index in [0.717, 1.165) is 0 Å². The van der Waals surface area contributed by atoms with Crippen LogP contribution >= 0.6 is 23.2 Å². The van der Waals surface area contributed by atoms with Gasteiger partial charge in [0.15, 0.2) is 0 Å². The second-order valence-corrected chi connectivity index (χ2v) is 3.48. The molecule has 1 aromatic heterocycles. The molecule has 0 saturated heterocycles. The number of rotatable bonds is 0. The molecule has 2 N–H and O–H groups in total. The normalized spacial score (nSPS) is 11.0.